The number of carbonyl (C=O) groups excluding carboxylic acids is 3. The highest BCUT2D eigenvalue weighted by atomic mass is 16.7. The largest absolute Gasteiger partial charge is 0.545 e. The second-order valence-electron chi connectivity index (χ2n) is 26.2. The number of hydrogen-bond acceptors (Lipinski definition) is 8. The van der Waals surface area contributed by atoms with Crippen molar-refractivity contribution >= 4 is 17.9 Å². The van der Waals surface area contributed by atoms with Crippen molar-refractivity contribution < 1.29 is 42.9 Å². The van der Waals surface area contributed by atoms with E-state index in [1.807, 2.05) is 21.1 Å². The fourth-order valence-electron chi connectivity index (χ4n) is 9.87. The van der Waals surface area contributed by atoms with Crippen molar-refractivity contribution in [2.75, 3.05) is 47.5 Å². The van der Waals surface area contributed by atoms with E-state index in [0.717, 1.165) is 173 Å². The molecule has 2 atom stereocenters. The van der Waals surface area contributed by atoms with E-state index in [0.29, 0.717) is 17.4 Å². The lowest BCUT2D eigenvalue weighted by molar-refractivity contribution is -0.870. The molecule has 0 heterocycles. The van der Waals surface area contributed by atoms with Crippen LogP contribution in [0.2, 0.25) is 0 Å². The molecule has 0 spiro atoms. The first-order valence-electron chi connectivity index (χ1n) is 38.9. The number of unbranched alkanes of at least 4 members (excludes halogenated alkanes) is 18. The van der Waals surface area contributed by atoms with Crippen molar-refractivity contribution in [3.63, 3.8) is 0 Å². The van der Waals surface area contributed by atoms with E-state index in [-0.39, 0.29) is 38.6 Å². The fourth-order valence-corrected chi connectivity index (χ4v) is 9.87. The Bertz CT molecular complexity index is 2440. The topological polar surface area (TPSA) is 111 Å². The number of carbonyl (C=O) groups is 3. The van der Waals surface area contributed by atoms with Crippen molar-refractivity contribution in [2.24, 2.45) is 0 Å². The van der Waals surface area contributed by atoms with Gasteiger partial charge in [-0.25, -0.2) is 0 Å². The van der Waals surface area contributed by atoms with Gasteiger partial charge < -0.3 is 33.3 Å². The summed E-state index contributed by atoms with van der Waals surface area (Å²) >= 11 is 0. The van der Waals surface area contributed by atoms with Crippen LogP contribution in [-0.4, -0.2) is 82.3 Å². The Labute approximate surface area is 607 Å². The fraction of sp³-hybridized carbons (Fsp3) is 0.567. The number of quaternary nitrogens is 1. The van der Waals surface area contributed by atoms with Crippen LogP contribution in [0.3, 0.4) is 0 Å². The highest BCUT2D eigenvalue weighted by molar-refractivity contribution is 5.70. The minimum Gasteiger partial charge on any atom is -0.545 e. The van der Waals surface area contributed by atoms with Crippen LogP contribution in [-0.2, 0) is 33.3 Å². The van der Waals surface area contributed by atoms with Gasteiger partial charge in [-0.2, -0.15) is 0 Å². The Morgan fingerprint density at radius 3 is 0.808 bits per heavy atom. The monoisotopic (exact) mass is 1360 g/mol. The summed E-state index contributed by atoms with van der Waals surface area (Å²) in [5.74, 6) is -2.32. The quantitative estimate of drug-likeness (QED) is 0.0195. The maximum Gasteiger partial charge on any atom is 0.306 e. The molecular formula is C90H141NO8. The van der Waals surface area contributed by atoms with Gasteiger partial charge in [-0.15, -0.1) is 0 Å². The molecule has 0 aliphatic carbocycles. The summed E-state index contributed by atoms with van der Waals surface area (Å²) in [6.07, 6.45) is 119. The summed E-state index contributed by atoms with van der Waals surface area (Å²) in [5.41, 5.74) is 0. The van der Waals surface area contributed by atoms with Gasteiger partial charge in [0.15, 0.2) is 12.4 Å². The van der Waals surface area contributed by atoms with Gasteiger partial charge in [0.05, 0.1) is 40.3 Å². The maximum atomic E-state index is 13.0. The van der Waals surface area contributed by atoms with Gasteiger partial charge in [-0.3, -0.25) is 9.59 Å². The summed E-state index contributed by atoms with van der Waals surface area (Å²) < 4.78 is 22.8. The van der Waals surface area contributed by atoms with Crippen LogP contribution < -0.4 is 5.11 Å². The summed E-state index contributed by atoms with van der Waals surface area (Å²) in [7, 11) is 5.92. The number of ether oxygens (including phenoxy) is 4. The standard InChI is InChI=1S/C90H141NO8/c1-6-8-10-12-14-16-18-20-22-24-26-28-30-32-34-36-38-40-42-43-44-45-47-49-51-53-55-57-59-61-63-65-67-69-71-73-75-77-79-81-88(93)99-86(85-98-90(89(94)95)96-83-82-91(3,4)5)84-97-87(92)80-78-76-74-72-70-68-66-64-62-60-58-56-54-52-50-48-46-41-39-37-35-33-31-29-27-25-23-21-19-17-15-13-11-9-7-2/h8-11,14-17,20-23,26-29,32-35,38-41,43-44,47-50,53-56,59,61,86,90H,6-7,12-13,18-19,24-25,30-31,36-37,42,45-46,51-52,57-58,60,62-85H2,1-5H3/b10-8-,11-9-,16-14-,17-15-,22-20-,23-21-,28-26-,29-27-,34-32-,35-33-,40-38-,41-39-,44-43-,49-47-,50-48-,55-53-,56-54-,61-59-. The second kappa shape index (κ2) is 77.3. The number of hydrogen-bond donors (Lipinski definition) is 0. The molecule has 2 unspecified atom stereocenters. The van der Waals surface area contributed by atoms with E-state index >= 15 is 0 Å². The van der Waals surface area contributed by atoms with Gasteiger partial charge in [0.1, 0.15) is 13.2 Å². The molecule has 0 N–H and O–H groups in total. The number of nitrogens with zero attached hydrogens (tertiary/aromatic N) is 1. The Morgan fingerprint density at radius 1 is 0.303 bits per heavy atom. The first-order valence-corrected chi connectivity index (χ1v) is 38.9. The Morgan fingerprint density at radius 2 is 0.545 bits per heavy atom. The van der Waals surface area contributed by atoms with Crippen LogP contribution in [0.1, 0.15) is 271 Å². The Kier molecular flexibility index (Phi) is 72.4. The average Bonchev–Trinajstić information content (AvgIpc) is 1.14. The van der Waals surface area contributed by atoms with Crippen LogP contribution in [0, 0.1) is 0 Å². The average molecular weight is 1370 g/mol. The SMILES string of the molecule is CC/C=C\C/C=C\C/C=C\C/C=C\C/C=C\C/C=C\C/C=C\C/C=C\C/C=C\C/C=C\CCCCCCCCCCC(=O)OC(COC(=O)CCCCCCCCCCCC/C=C\C/C=C\C/C=C\C/C=C\C/C=C\C/C=C\C/C=C\C/C=C\CC)COC(OCC[N+](C)(C)C)C(=O)[O-]. The number of allylic oxidation sites excluding steroid dienone is 36. The molecule has 0 rings (SSSR count). The molecule has 554 valence electrons. The molecule has 0 aromatic carbocycles. The summed E-state index contributed by atoms with van der Waals surface area (Å²) in [6, 6.07) is 0. The third-order valence-corrected chi connectivity index (χ3v) is 15.7. The number of rotatable bonds is 69. The van der Waals surface area contributed by atoms with Crippen molar-refractivity contribution in [3.8, 4) is 0 Å². The van der Waals surface area contributed by atoms with Gasteiger partial charge in [0.25, 0.3) is 0 Å². The zero-order chi connectivity index (χ0) is 71.8. The summed E-state index contributed by atoms with van der Waals surface area (Å²) in [6.45, 7) is 4.49. The van der Waals surface area contributed by atoms with Gasteiger partial charge in [-0.1, -0.05) is 322 Å². The van der Waals surface area contributed by atoms with E-state index < -0.39 is 24.3 Å². The molecule has 0 radical (unpaired) electrons. The van der Waals surface area contributed by atoms with Crippen molar-refractivity contribution in [2.45, 2.75) is 283 Å². The minimum absolute atomic E-state index is 0.134. The molecule has 9 nitrogen and oxygen atoms in total. The van der Waals surface area contributed by atoms with Gasteiger partial charge in [0, 0.05) is 12.8 Å². The number of aliphatic carboxylic acids is 1. The molecule has 99 heavy (non-hydrogen) atoms. The lowest BCUT2D eigenvalue weighted by Gasteiger charge is -2.26. The molecule has 0 fully saturated rings. The maximum absolute atomic E-state index is 13.0. The molecule has 9 heteroatoms. The zero-order valence-corrected chi connectivity index (χ0v) is 63.3. The second-order valence-corrected chi connectivity index (χ2v) is 26.2. The smallest absolute Gasteiger partial charge is 0.306 e. The molecular weight excluding hydrogens is 1220 g/mol. The third kappa shape index (κ3) is 78.8. The van der Waals surface area contributed by atoms with Crippen LogP contribution >= 0.6 is 0 Å². The molecule has 0 saturated carbocycles. The van der Waals surface area contributed by atoms with Crippen LogP contribution in [0.25, 0.3) is 0 Å². The van der Waals surface area contributed by atoms with Crippen LogP contribution in [0.5, 0.6) is 0 Å². The van der Waals surface area contributed by atoms with Gasteiger partial charge >= 0.3 is 11.9 Å². The number of esters is 2. The Hall–Kier alpha value is -6.39. The number of carboxylic acid groups (broad SMARTS) is 1. The van der Waals surface area contributed by atoms with Crippen LogP contribution in [0.15, 0.2) is 219 Å². The first-order chi connectivity index (χ1) is 48.6. The lowest BCUT2D eigenvalue weighted by Crippen LogP contribution is -2.44. The van der Waals surface area contributed by atoms with E-state index in [9.17, 15) is 19.5 Å². The van der Waals surface area contributed by atoms with E-state index in [4.69, 9.17) is 18.9 Å². The van der Waals surface area contributed by atoms with Crippen molar-refractivity contribution in [1.29, 1.82) is 0 Å². The lowest BCUT2D eigenvalue weighted by atomic mass is 10.1. The molecule has 0 aromatic heterocycles. The van der Waals surface area contributed by atoms with E-state index in [2.05, 4.69) is 233 Å². The van der Waals surface area contributed by atoms with E-state index in [1.165, 1.54) is 64.2 Å². The van der Waals surface area contributed by atoms with Gasteiger partial charge in [0.2, 0.25) is 0 Å². The number of likely N-dealkylation sites (N-methyl/N-ethyl adjacent to an activating group) is 1. The predicted octanol–water partition coefficient (Wildman–Crippen LogP) is 23.9. The highest BCUT2D eigenvalue weighted by Gasteiger charge is 2.22. The van der Waals surface area contributed by atoms with Crippen LogP contribution in [0.4, 0.5) is 0 Å². The first kappa shape index (κ1) is 92.6. The van der Waals surface area contributed by atoms with Crippen molar-refractivity contribution in [3.05, 3.63) is 219 Å². The molecule has 0 saturated heterocycles. The molecule has 0 aliphatic rings. The highest BCUT2D eigenvalue weighted by Crippen LogP contribution is 2.16. The molecule has 0 aromatic rings. The van der Waals surface area contributed by atoms with Gasteiger partial charge in [-0.05, 0) is 154 Å². The third-order valence-electron chi connectivity index (χ3n) is 15.7. The predicted molar refractivity (Wildman–Crippen MR) is 425 cm³/mol. The normalized spacial score (nSPS) is 13.9. The van der Waals surface area contributed by atoms with Crippen molar-refractivity contribution in [1.82, 2.24) is 0 Å². The number of carboxylic acids is 1. The van der Waals surface area contributed by atoms with E-state index in [1.54, 1.807) is 0 Å². The zero-order valence-electron chi connectivity index (χ0n) is 63.3. The molecule has 0 amide bonds. The summed E-state index contributed by atoms with van der Waals surface area (Å²) in [5, 5.41) is 11.9. The molecule has 0 aliphatic heterocycles. The summed E-state index contributed by atoms with van der Waals surface area (Å²) in [4.78, 5) is 37.6. The minimum atomic E-state index is -1.64. The molecule has 0 bridgehead atoms. The Balaban J connectivity index is 4.19.